The predicted molar refractivity (Wildman–Crippen MR) is 109 cm³/mol. The number of nitrogens with one attached hydrogen (secondary N) is 2. The van der Waals surface area contributed by atoms with E-state index in [1.165, 1.54) is 0 Å². The van der Waals surface area contributed by atoms with E-state index in [4.69, 9.17) is 16.3 Å². The van der Waals surface area contributed by atoms with Crippen molar-refractivity contribution in [3.63, 3.8) is 0 Å². The highest BCUT2D eigenvalue weighted by molar-refractivity contribution is 6.30. The largest absolute Gasteiger partial charge is 0.454 e. The highest BCUT2D eigenvalue weighted by atomic mass is 35.5. The molecule has 1 aromatic carbocycles. The molecule has 1 aromatic rings. The van der Waals surface area contributed by atoms with E-state index >= 15 is 0 Å². The second kappa shape index (κ2) is 9.73. The van der Waals surface area contributed by atoms with Crippen molar-refractivity contribution in [1.29, 1.82) is 0 Å². The molecule has 0 atom stereocenters. The Kier molecular flexibility index (Phi) is 7.61. The maximum atomic E-state index is 12.7. The molecule has 2 rings (SSSR count). The van der Waals surface area contributed by atoms with Crippen LogP contribution >= 0.6 is 11.6 Å². The van der Waals surface area contributed by atoms with Gasteiger partial charge in [0, 0.05) is 10.7 Å². The van der Waals surface area contributed by atoms with Gasteiger partial charge in [-0.05, 0) is 43.5 Å². The van der Waals surface area contributed by atoms with E-state index in [1.807, 2.05) is 13.8 Å². The number of imide groups is 1. The number of rotatable bonds is 9. The second-order valence-electron chi connectivity index (χ2n) is 7.07. The Labute approximate surface area is 174 Å². The summed E-state index contributed by atoms with van der Waals surface area (Å²) in [6, 6.07) is 4.35. The molecule has 0 unspecified atom stereocenters. The third-order valence-corrected chi connectivity index (χ3v) is 4.95. The fourth-order valence-corrected chi connectivity index (χ4v) is 3.64. The van der Waals surface area contributed by atoms with Gasteiger partial charge in [-0.25, -0.2) is 4.79 Å². The molecule has 0 aliphatic carbocycles. The number of hydrogen-bond donors (Lipinski definition) is 2. The normalized spacial score (nSPS) is 15.2. The average molecular weight is 424 g/mol. The summed E-state index contributed by atoms with van der Waals surface area (Å²) >= 11 is 5.87. The molecule has 8 nitrogen and oxygen atoms in total. The number of nitrogens with zero attached hydrogens (tertiary/aromatic N) is 1. The molecule has 1 aliphatic heterocycles. The summed E-state index contributed by atoms with van der Waals surface area (Å²) in [5.74, 6) is -1.79. The van der Waals surface area contributed by atoms with Crippen LogP contribution in [0.15, 0.2) is 18.2 Å². The standard InChI is InChI=1S/C20H26ClN3O5/c1-4-8-20(9-5-2)18(27)24(19(28)23-20)11-17(26)29-12-16(25)22-15-7-6-14(21)10-13(15)3/h6-7,10H,4-5,8-9,11-12H2,1-3H3,(H,22,25)(H,23,28). The molecule has 2 N–H and O–H groups in total. The Bertz CT molecular complexity index is 805. The highest BCUT2D eigenvalue weighted by Gasteiger charge is 2.50. The molecular weight excluding hydrogens is 398 g/mol. The van der Waals surface area contributed by atoms with Gasteiger partial charge < -0.3 is 15.4 Å². The number of halogens is 1. The Morgan fingerprint density at radius 1 is 1.21 bits per heavy atom. The number of aryl methyl sites for hydroxylation is 1. The second-order valence-corrected chi connectivity index (χ2v) is 7.51. The Morgan fingerprint density at radius 3 is 2.45 bits per heavy atom. The summed E-state index contributed by atoms with van der Waals surface area (Å²) in [6.07, 6.45) is 2.43. The van der Waals surface area contributed by atoms with Crippen molar-refractivity contribution < 1.29 is 23.9 Å². The number of urea groups is 1. The summed E-state index contributed by atoms with van der Waals surface area (Å²) in [7, 11) is 0. The maximum absolute atomic E-state index is 12.7. The van der Waals surface area contributed by atoms with E-state index in [2.05, 4.69) is 10.6 Å². The molecule has 0 spiro atoms. The molecule has 1 fully saturated rings. The average Bonchev–Trinajstić information content (AvgIpc) is 2.87. The van der Waals surface area contributed by atoms with Crippen molar-refractivity contribution in [2.24, 2.45) is 0 Å². The van der Waals surface area contributed by atoms with Crippen LogP contribution in [0.4, 0.5) is 10.5 Å². The van der Waals surface area contributed by atoms with Gasteiger partial charge in [-0.15, -0.1) is 0 Å². The molecule has 1 saturated heterocycles. The first-order chi connectivity index (χ1) is 13.7. The van der Waals surface area contributed by atoms with E-state index in [0.29, 0.717) is 36.4 Å². The Balaban J connectivity index is 1.90. The van der Waals surface area contributed by atoms with Crippen LogP contribution in [0.1, 0.15) is 45.1 Å². The van der Waals surface area contributed by atoms with Gasteiger partial charge >= 0.3 is 12.0 Å². The first-order valence-electron chi connectivity index (χ1n) is 9.58. The summed E-state index contributed by atoms with van der Waals surface area (Å²) in [6.45, 7) is 4.57. The van der Waals surface area contributed by atoms with E-state index in [9.17, 15) is 19.2 Å². The zero-order chi connectivity index (χ0) is 21.6. The van der Waals surface area contributed by atoms with Crippen LogP contribution in [0.25, 0.3) is 0 Å². The van der Waals surface area contributed by atoms with E-state index in [1.54, 1.807) is 25.1 Å². The Hall–Kier alpha value is -2.61. The number of esters is 1. The molecule has 0 saturated carbocycles. The zero-order valence-corrected chi connectivity index (χ0v) is 17.6. The molecule has 1 aliphatic rings. The first-order valence-corrected chi connectivity index (χ1v) is 9.96. The smallest absolute Gasteiger partial charge is 0.326 e. The van der Waals surface area contributed by atoms with Crippen molar-refractivity contribution >= 4 is 41.1 Å². The van der Waals surface area contributed by atoms with E-state index < -0.39 is 42.5 Å². The molecule has 0 radical (unpaired) electrons. The highest BCUT2D eigenvalue weighted by Crippen LogP contribution is 2.28. The van der Waals surface area contributed by atoms with Crippen LogP contribution in [0.3, 0.4) is 0 Å². The maximum Gasteiger partial charge on any atom is 0.326 e. The fourth-order valence-electron chi connectivity index (χ4n) is 3.41. The van der Waals surface area contributed by atoms with Crippen molar-refractivity contribution in [2.45, 2.75) is 52.0 Å². The SMILES string of the molecule is CCCC1(CCC)NC(=O)N(CC(=O)OCC(=O)Nc2ccc(Cl)cc2C)C1=O. The van der Waals surface area contributed by atoms with Crippen LogP contribution in [-0.2, 0) is 19.1 Å². The lowest BCUT2D eigenvalue weighted by Gasteiger charge is -2.25. The third kappa shape index (κ3) is 5.47. The molecule has 4 amide bonds. The number of hydrogen-bond acceptors (Lipinski definition) is 5. The number of anilines is 1. The molecule has 158 valence electrons. The topological polar surface area (TPSA) is 105 Å². The number of carbonyl (C=O) groups is 4. The summed E-state index contributed by atoms with van der Waals surface area (Å²) in [5.41, 5.74) is 0.345. The van der Waals surface area contributed by atoms with Crippen LogP contribution in [0.2, 0.25) is 5.02 Å². The molecule has 0 aromatic heterocycles. The minimum absolute atomic E-state index is 0.426. The van der Waals surface area contributed by atoms with E-state index in [-0.39, 0.29) is 0 Å². The van der Waals surface area contributed by atoms with Gasteiger partial charge in [0.15, 0.2) is 6.61 Å². The number of carbonyl (C=O) groups excluding carboxylic acids is 4. The van der Waals surface area contributed by atoms with Gasteiger partial charge in [0.05, 0.1) is 0 Å². The van der Waals surface area contributed by atoms with Gasteiger partial charge in [-0.3, -0.25) is 19.3 Å². The van der Waals surface area contributed by atoms with Gasteiger partial charge in [0.1, 0.15) is 12.1 Å². The molecule has 9 heteroatoms. The lowest BCUT2D eigenvalue weighted by molar-refractivity contribution is -0.150. The van der Waals surface area contributed by atoms with Gasteiger partial charge in [-0.1, -0.05) is 38.3 Å². The van der Waals surface area contributed by atoms with Gasteiger partial charge in [0.25, 0.3) is 11.8 Å². The predicted octanol–water partition coefficient (Wildman–Crippen LogP) is 3.02. The fraction of sp³-hybridized carbons (Fsp3) is 0.500. The zero-order valence-electron chi connectivity index (χ0n) is 16.8. The lowest BCUT2D eigenvalue weighted by Crippen LogP contribution is -2.47. The van der Waals surface area contributed by atoms with Crippen LogP contribution in [0, 0.1) is 6.92 Å². The third-order valence-electron chi connectivity index (χ3n) is 4.71. The van der Waals surface area contributed by atoms with Crippen LogP contribution < -0.4 is 10.6 Å². The Morgan fingerprint density at radius 2 is 1.86 bits per heavy atom. The summed E-state index contributed by atoms with van der Waals surface area (Å²) in [4.78, 5) is 49.9. The number of ether oxygens (including phenoxy) is 1. The minimum atomic E-state index is -0.968. The van der Waals surface area contributed by atoms with Crippen molar-refractivity contribution in [2.75, 3.05) is 18.5 Å². The molecule has 29 heavy (non-hydrogen) atoms. The molecule has 0 bridgehead atoms. The van der Waals surface area contributed by atoms with Crippen molar-refractivity contribution in [1.82, 2.24) is 10.2 Å². The van der Waals surface area contributed by atoms with Crippen molar-refractivity contribution in [3.8, 4) is 0 Å². The van der Waals surface area contributed by atoms with Crippen LogP contribution in [0.5, 0.6) is 0 Å². The molecular formula is C20H26ClN3O5. The van der Waals surface area contributed by atoms with Crippen molar-refractivity contribution in [3.05, 3.63) is 28.8 Å². The lowest BCUT2D eigenvalue weighted by atomic mass is 9.88. The number of amides is 4. The minimum Gasteiger partial charge on any atom is -0.454 e. The molecule has 1 heterocycles. The van der Waals surface area contributed by atoms with E-state index in [0.717, 1.165) is 10.5 Å². The van der Waals surface area contributed by atoms with Gasteiger partial charge in [0.2, 0.25) is 0 Å². The monoisotopic (exact) mass is 423 g/mol. The van der Waals surface area contributed by atoms with Crippen LogP contribution in [-0.4, -0.2) is 47.4 Å². The van der Waals surface area contributed by atoms with Gasteiger partial charge in [-0.2, -0.15) is 0 Å². The summed E-state index contributed by atoms with van der Waals surface area (Å²) in [5, 5.41) is 5.88. The summed E-state index contributed by atoms with van der Waals surface area (Å²) < 4.78 is 4.94. The first kappa shape index (κ1) is 22.7. The quantitative estimate of drug-likeness (QED) is 0.469. The number of benzene rings is 1.